The first-order chi connectivity index (χ1) is 5.25. The average molecular weight is 155 g/mol. The van der Waals surface area contributed by atoms with Gasteiger partial charge in [0.15, 0.2) is 0 Å². The van der Waals surface area contributed by atoms with Crippen molar-refractivity contribution in [3.8, 4) is 0 Å². The normalized spacial score (nSPS) is 36.1. The Kier molecular flexibility index (Phi) is 1.60. The Morgan fingerprint density at radius 1 is 1.36 bits per heavy atom. The van der Waals surface area contributed by atoms with Gasteiger partial charge < -0.3 is 10.4 Å². The number of hydrogen-bond acceptors (Lipinski definition) is 2. The van der Waals surface area contributed by atoms with Crippen molar-refractivity contribution in [1.82, 2.24) is 5.32 Å². The van der Waals surface area contributed by atoms with Crippen LogP contribution >= 0.6 is 0 Å². The molecule has 0 aromatic heterocycles. The molecule has 0 atom stereocenters. The average Bonchev–Trinajstić information content (AvgIpc) is 2.64. The van der Waals surface area contributed by atoms with E-state index in [4.69, 9.17) is 5.11 Å². The topological polar surface area (TPSA) is 49.3 Å². The molecule has 11 heavy (non-hydrogen) atoms. The van der Waals surface area contributed by atoms with Crippen LogP contribution in [-0.2, 0) is 4.79 Å². The van der Waals surface area contributed by atoms with Crippen LogP contribution in [0.25, 0.3) is 0 Å². The summed E-state index contributed by atoms with van der Waals surface area (Å²) in [7, 11) is 0. The van der Waals surface area contributed by atoms with Gasteiger partial charge in [0.25, 0.3) is 0 Å². The van der Waals surface area contributed by atoms with E-state index in [9.17, 15) is 4.79 Å². The zero-order valence-corrected chi connectivity index (χ0v) is 6.42. The van der Waals surface area contributed by atoms with Crippen molar-refractivity contribution in [3.05, 3.63) is 0 Å². The van der Waals surface area contributed by atoms with E-state index in [1.807, 2.05) is 0 Å². The number of rotatable bonds is 2. The molecule has 62 valence electrons. The van der Waals surface area contributed by atoms with Gasteiger partial charge in [-0.25, -0.2) is 0 Å². The van der Waals surface area contributed by atoms with Gasteiger partial charge in [0, 0.05) is 12.0 Å². The minimum Gasteiger partial charge on any atom is -0.393 e. The molecule has 2 rings (SSSR count). The van der Waals surface area contributed by atoms with Gasteiger partial charge in [0.1, 0.15) is 0 Å². The third kappa shape index (κ3) is 1.53. The number of carbonyl (C=O) groups excluding carboxylic acids is 1. The van der Waals surface area contributed by atoms with Gasteiger partial charge in [-0.1, -0.05) is 0 Å². The molecule has 0 aromatic carbocycles. The largest absolute Gasteiger partial charge is 0.393 e. The molecule has 0 spiro atoms. The van der Waals surface area contributed by atoms with E-state index in [-0.39, 0.29) is 17.9 Å². The van der Waals surface area contributed by atoms with Crippen LogP contribution < -0.4 is 5.32 Å². The van der Waals surface area contributed by atoms with Gasteiger partial charge >= 0.3 is 0 Å². The molecule has 0 bridgehead atoms. The Labute approximate surface area is 65.8 Å². The molecule has 2 aliphatic carbocycles. The van der Waals surface area contributed by atoms with Crippen LogP contribution in [0, 0.1) is 5.92 Å². The van der Waals surface area contributed by atoms with E-state index in [2.05, 4.69) is 5.32 Å². The molecule has 0 saturated heterocycles. The Hall–Kier alpha value is -0.570. The fourth-order valence-corrected chi connectivity index (χ4v) is 1.35. The smallest absolute Gasteiger partial charge is 0.223 e. The lowest BCUT2D eigenvalue weighted by atomic mass is 9.82. The van der Waals surface area contributed by atoms with Gasteiger partial charge in [-0.3, -0.25) is 4.79 Å². The van der Waals surface area contributed by atoms with Crippen LogP contribution in [0.2, 0.25) is 0 Å². The van der Waals surface area contributed by atoms with E-state index >= 15 is 0 Å². The summed E-state index contributed by atoms with van der Waals surface area (Å²) in [5.41, 5.74) is 0. The molecular weight excluding hydrogens is 142 g/mol. The molecule has 0 heterocycles. The van der Waals surface area contributed by atoms with Gasteiger partial charge in [0.05, 0.1) is 6.10 Å². The Balaban J connectivity index is 1.72. The van der Waals surface area contributed by atoms with Crippen LogP contribution in [0.15, 0.2) is 0 Å². The third-order valence-electron chi connectivity index (χ3n) is 2.41. The third-order valence-corrected chi connectivity index (χ3v) is 2.41. The zero-order valence-electron chi connectivity index (χ0n) is 6.42. The highest BCUT2D eigenvalue weighted by molar-refractivity contribution is 5.80. The van der Waals surface area contributed by atoms with Crippen LogP contribution in [0.1, 0.15) is 25.7 Å². The highest BCUT2D eigenvalue weighted by Gasteiger charge is 2.35. The molecule has 0 unspecified atom stereocenters. The summed E-state index contributed by atoms with van der Waals surface area (Å²) in [6, 6.07) is 0.459. The second kappa shape index (κ2) is 2.48. The van der Waals surface area contributed by atoms with Crippen molar-refractivity contribution in [2.24, 2.45) is 5.92 Å². The van der Waals surface area contributed by atoms with Crippen molar-refractivity contribution < 1.29 is 9.90 Å². The van der Waals surface area contributed by atoms with Gasteiger partial charge in [-0.2, -0.15) is 0 Å². The van der Waals surface area contributed by atoms with E-state index in [1.54, 1.807) is 0 Å². The lowest BCUT2D eigenvalue weighted by molar-refractivity contribution is -0.131. The Bertz CT molecular complexity index is 171. The summed E-state index contributed by atoms with van der Waals surface area (Å²) in [6.45, 7) is 0. The lowest BCUT2D eigenvalue weighted by Crippen LogP contribution is -2.41. The maximum atomic E-state index is 11.2. The maximum Gasteiger partial charge on any atom is 0.223 e. The summed E-state index contributed by atoms with van der Waals surface area (Å²) < 4.78 is 0. The number of carbonyl (C=O) groups is 1. The summed E-state index contributed by atoms with van der Waals surface area (Å²) in [4.78, 5) is 11.2. The minimum atomic E-state index is -0.218. The second-order valence-corrected chi connectivity index (χ2v) is 3.61. The van der Waals surface area contributed by atoms with Crippen LogP contribution in [0.3, 0.4) is 0 Å². The number of aliphatic hydroxyl groups excluding tert-OH is 1. The van der Waals surface area contributed by atoms with E-state index < -0.39 is 0 Å². The molecule has 3 heteroatoms. The SMILES string of the molecule is O=C(NC1CC1)C1CC(O)C1. The quantitative estimate of drug-likeness (QED) is 0.591. The molecule has 1 amide bonds. The zero-order chi connectivity index (χ0) is 7.84. The van der Waals surface area contributed by atoms with Crippen molar-refractivity contribution >= 4 is 5.91 Å². The first-order valence-electron chi connectivity index (χ1n) is 4.24. The number of nitrogens with one attached hydrogen (secondary N) is 1. The summed E-state index contributed by atoms with van der Waals surface area (Å²) in [5, 5.41) is 11.9. The first kappa shape index (κ1) is 7.10. The van der Waals surface area contributed by atoms with Crippen molar-refractivity contribution in [3.63, 3.8) is 0 Å². The molecular formula is C8H13NO2. The summed E-state index contributed by atoms with van der Waals surface area (Å²) in [5.74, 6) is 0.253. The van der Waals surface area contributed by atoms with Gasteiger partial charge in [-0.15, -0.1) is 0 Å². The molecule has 2 fully saturated rings. The monoisotopic (exact) mass is 155 g/mol. The standard InChI is InChI=1S/C8H13NO2/c10-7-3-5(4-7)8(11)9-6-1-2-6/h5-7,10H,1-4H2,(H,9,11). The Morgan fingerprint density at radius 2 is 2.00 bits per heavy atom. The first-order valence-corrected chi connectivity index (χ1v) is 4.24. The molecule has 2 saturated carbocycles. The van der Waals surface area contributed by atoms with E-state index in [0.717, 1.165) is 12.8 Å². The molecule has 0 aromatic rings. The molecule has 0 aliphatic heterocycles. The van der Waals surface area contributed by atoms with Crippen LogP contribution in [0.5, 0.6) is 0 Å². The number of aliphatic hydroxyl groups is 1. The fourth-order valence-electron chi connectivity index (χ4n) is 1.35. The maximum absolute atomic E-state index is 11.2. The van der Waals surface area contributed by atoms with E-state index in [1.165, 1.54) is 0 Å². The predicted molar refractivity (Wildman–Crippen MR) is 39.9 cm³/mol. The van der Waals surface area contributed by atoms with Crippen LogP contribution in [-0.4, -0.2) is 23.2 Å². The number of hydrogen-bond donors (Lipinski definition) is 2. The molecule has 2 aliphatic rings. The summed E-state index contributed by atoms with van der Waals surface area (Å²) >= 11 is 0. The Morgan fingerprint density at radius 3 is 2.45 bits per heavy atom. The highest BCUT2D eigenvalue weighted by atomic mass is 16.3. The number of amides is 1. The van der Waals surface area contributed by atoms with Crippen LogP contribution in [0.4, 0.5) is 0 Å². The van der Waals surface area contributed by atoms with Crippen molar-refractivity contribution in [1.29, 1.82) is 0 Å². The molecule has 3 nitrogen and oxygen atoms in total. The second-order valence-electron chi connectivity index (χ2n) is 3.61. The molecule has 0 radical (unpaired) electrons. The van der Waals surface area contributed by atoms with Gasteiger partial charge in [0.2, 0.25) is 5.91 Å². The van der Waals surface area contributed by atoms with Crippen molar-refractivity contribution in [2.75, 3.05) is 0 Å². The van der Waals surface area contributed by atoms with Gasteiger partial charge in [-0.05, 0) is 25.7 Å². The molecule has 2 N–H and O–H groups in total. The van der Waals surface area contributed by atoms with E-state index in [0.29, 0.717) is 18.9 Å². The predicted octanol–water partition coefficient (Wildman–Crippen LogP) is 0.0359. The minimum absolute atomic E-state index is 0.102. The fraction of sp³-hybridized carbons (Fsp3) is 0.875. The summed E-state index contributed by atoms with van der Waals surface area (Å²) in [6.07, 6.45) is 3.39. The van der Waals surface area contributed by atoms with Crippen molar-refractivity contribution in [2.45, 2.75) is 37.8 Å². The highest BCUT2D eigenvalue weighted by Crippen LogP contribution is 2.28. The lowest BCUT2D eigenvalue weighted by Gasteiger charge is -2.29.